The van der Waals surface area contributed by atoms with Gasteiger partial charge in [-0.2, -0.15) is 0 Å². The molecule has 22 heavy (non-hydrogen) atoms. The highest BCUT2D eigenvalue weighted by Gasteiger charge is 2.28. The van der Waals surface area contributed by atoms with Crippen molar-refractivity contribution >= 4 is 23.4 Å². The first-order chi connectivity index (χ1) is 10.1. The van der Waals surface area contributed by atoms with Gasteiger partial charge in [0.25, 0.3) is 0 Å². The Bertz CT molecular complexity index is 538. The van der Waals surface area contributed by atoms with E-state index in [9.17, 15) is 14.7 Å². The number of anilines is 2. The summed E-state index contributed by atoms with van der Waals surface area (Å²) < 4.78 is 5.08. The van der Waals surface area contributed by atoms with Gasteiger partial charge >= 0.3 is 6.09 Å². The summed E-state index contributed by atoms with van der Waals surface area (Å²) >= 11 is 0. The van der Waals surface area contributed by atoms with Crippen molar-refractivity contribution < 1.29 is 19.4 Å². The van der Waals surface area contributed by atoms with Crippen LogP contribution in [0.3, 0.4) is 0 Å². The summed E-state index contributed by atoms with van der Waals surface area (Å²) in [6.07, 6.45) is -1.88. The largest absolute Gasteiger partial charge is 0.444 e. The van der Waals surface area contributed by atoms with Gasteiger partial charge in [0, 0.05) is 0 Å². The molecule has 2 amide bonds. The first-order valence-electron chi connectivity index (χ1n) is 6.93. The molecule has 0 aliphatic rings. The monoisotopic (exact) mass is 309 g/mol. The third kappa shape index (κ3) is 5.61. The number of nitrogens with two attached hydrogens (primary N) is 1. The second-order valence-corrected chi connectivity index (χ2v) is 5.94. The summed E-state index contributed by atoms with van der Waals surface area (Å²) in [6.45, 7) is 6.51. The molecular formula is C15H23N3O4. The second-order valence-electron chi connectivity index (χ2n) is 5.94. The lowest BCUT2D eigenvalue weighted by Gasteiger charge is -2.24. The number of amides is 2. The van der Waals surface area contributed by atoms with E-state index in [1.165, 1.54) is 6.92 Å². The van der Waals surface area contributed by atoms with Gasteiger partial charge in [-0.25, -0.2) is 4.79 Å². The molecule has 2 atom stereocenters. The van der Waals surface area contributed by atoms with Crippen LogP contribution in [0.1, 0.15) is 27.7 Å². The maximum atomic E-state index is 12.2. The number of aliphatic hydroxyl groups excluding tert-OH is 1. The number of para-hydroxylation sites is 2. The molecule has 1 rings (SSSR count). The summed E-state index contributed by atoms with van der Waals surface area (Å²) in [4.78, 5) is 24.0. The number of rotatable bonds is 4. The number of nitrogen functional groups attached to an aromatic ring is 1. The first-order valence-corrected chi connectivity index (χ1v) is 6.93. The molecule has 0 saturated carbocycles. The molecule has 0 fully saturated rings. The number of alkyl carbamates (subject to hydrolysis) is 1. The minimum Gasteiger partial charge on any atom is -0.444 e. The zero-order valence-corrected chi connectivity index (χ0v) is 13.2. The van der Waals surface area contributed by atoms with E-state index in [1.807, 2.05) is 0 Å². The number of carbonyl (C=O) groups is 2. The molecule has 1 aromatic carbocycles. The molecule has 1 aromatic rings. The van der Waals surface area contributed by atoms with Crippen molar-refractivity contribution in [1.82, 2.24) is 5.32 Å². The van der Waals surface area contributed by atoms with Crippen molar-refractivity contribution in [3.05, 3.63) is 24.3 Å². The van der Waals surface area contributed by atoms with Crippen LogP contribution in [0.5, 0.6) is 0 Å². The molecule has 0 heterocycles. The molecule has 7 heteroatoms. The Kier molecular flexibility index (Phi) is 5.76. The predicted octanol–water partition coefficient (Wildman–Crippen LogP) is 1.48. The lowest BCUT2D eigenvalue weighted by Crippen LogP contribution is -2.51. The van der Waals surface area contributed by atoms with Crippen molar-refractivity contribution in [2.75, 3.05) is 11.1 Å². The van der Waals surface area contributed by atoms with Gasteiger partial charge in [0.15, 0.2) is 0 Å². The van der Waals surface area contributed by atoms with E-state index in [4.69, 9.17) is 10.5 Å². The van der Waals surface area contributed by atoms with E-state index in [1.54, 1.807) is 45.0 Å². The minimum atomic E-state index is -1.16. The fourth-order valence-electron chi connectivity index (χ4n) is 1.66. The summed E-state index contributed by atoms with van der Waals surface area (Å²) in [6, 6.07) is 5.55. The van der Waals surface area contributed by atoms with Crippen LogP contribution < -0.4 is 16.4 Å². The molecule has 0 spiro atoms. The molecule has 5 N–H and O–H groups in total. The highest BCUT2D eigenvalue weighted by Crippen LogP contribution is 2.17. The van der Waals surface area contributed by atoms with E-state index in [0.717, 1.165) is 0 Å². The standard InChI is InChI=1S/C15H23N3O4/c1-9(19)12(18-14(21)22-15(2,3)4)13(20)17-11-8-6-5-7-10(11)16/h5-9,12,19H,16H2,1-4H3,(H,17,20)(H,18,21)/t9-,12+/m1/s1. The van der Waals surface area contributed by atoms with E-state index >= 15 is 0 Å². The third-order valence-electron chi connectivity index (χ3n) is 2.66. The molecule has 0 unspecified atom stereocenters. The van der Waals surface area contributed by atoms with Gasteiger partial charge in [0.1, 0.15) is 11.6 Å². The number of carbonyl (C=O) groups excluding carboxylic acids is 2. The third-order valence-corrected chi connectivity index (χ3v) is 2.66. The quantitative estimate of drug-likeness (QED) is 0.629. The average molecular weight is 309 g/mol. The maximum absolute atomic E-state index is 12.2. The van der Waals surface area contributed by atoms with E-state index < -0.39 is 29.7 Å². The molecule has 122 valence electrons. The van der Waals surface area contributed by atoms with Crippen LogP contribution in [-0.4, -0.2) is 34.9 Å². The van der Waals surface area contributed by atoms with E-state index in [-0.39, 0.29) is 0 Å². The van der Waals surface area contributed by atoms with Crippen LogP contribution in [0.15, 0.2) is 24.3 Å². The van der Waals surface area contributed by atoms with Crippen LogP contribution in [0.4, 0.5) is 16.2 Å². The van der Waals surface area contributed by atoms with Crippen molar-refractivity contribution in [1.29, 1.82) is 0 Å². The lowest BCUT2D eigenvalue weighted by atomic mass is 10.1. The number of aliphatic hydroxyl groups is 1. The Morgan fingerprint density at radius 3 is 2.36 bits per heavy atom. The molecule has 0 aromatic heterocycles. The van der Waals surface area contributed by atoms with Gasteiger partial charge in [-0.1, -0.05) is 12.1 Å². The number of benzene rings is 1. The van der Waals surface area contributed by atoms with Crippen LogP contribution in [0.25, 0.3) is 0 Å². The Balaban J connectivity index is 2.77. The smallest absolute Gasteiger partial charge is 0.408 e. The Morgan fingerprint density at radius 1 is 1.27 bits per heavy atom. The number of hydrogen-bond donors (Lipinski definition) is 4. The SMILES string of the molecule is C[C@@H](O)[C@H](NC(=O)OC(C)(C)C)C(=O)Nc1ccccc1N. The average Bonchev–Trinajstić information content (AvgIpc) is 2.36. The number of nitrogens with one attached hydrogen (secondary N) is 2. The highest BCUT2D eigenvalue weighted by atomic mass is 16.6. The fourth-order valence-corrected chi connectivity index (χ4v) is 1.66. The molecule has 0 radical (unpaired) electrons. The molecule has 7 nitrogen and oxygen atoms in total. The van der Waals surface area contributed by atoms with Crippen molar-refractivity contribution in [2.45, 2.75) is 45.4 Å². The summed E-state index contributed by atoms with van der Waals surface area (Å²) in [5, 5.41) is 14.6. The van der Waals surface area contributed by atoms with Crippen LogP contribution in [-0.2, 0) is 9.53 Å². The van der Waals surface area contributed by atoms with Crippen molar-refractivity contribution in [2.24, 2.45) is 0 Å². The number of hydrogen-bond acceptors (Lipinski definition) is 5. The summed E-state index contributed by atoms with van der Waals surface area (Å²) in [5.74, 6) is -0.584. The van der Waals surface area contributed by atoms with Crippen LogP contribution in [0, 0.1) is 0 Å². The molecule has 0 saturated heterocycles. The van der Waals surface area contributed by atoms with Gasteiger partial charge in [0.05, 0.1) is 17.5 Å². The van der Waals surface area contributed by atoms with E-state index in [2.05, 4.69) is 10.6 Å². The Hall–Kier alpha value is -2.28. The molecule has 0 bridgehead atoms. The summed E-state index contributed by atoms with van der Waals surface area (Å²) in [7, 11) is 0. The van der Waals surface area contributed by atoms with E-state index in [0.29, 0.717) is 11.4 Å². The second kappa shape index (κ2) is 7.13. The normalized spacial score (nSPS) is 13.9. The molecule has 0 aliphatic carbocycles. The fraction of sp³-hybridized carbons (Fsp3) is 0.467. The highest BCUT2D eigenvalue weighted by molar-refractivity contribution is 5.99. The topological polar surface area (TPSA) is 114 Å². The molecule has 0 aliphatic heterocycles. The van der Waals surface area contributed by atoms with Crippen molar-refractivity contribution in [3.63, 3.8) is 0 Å². The lowest BCUT2D eigenvalue weighted by molar-refractivity contribution is -0.120. The van der Waals surface area contributed by atoms with Gasteiger partial charge in [-0.05, 0) is 39.8 Å². The Labute approximate surface area is 129 Å². The zero-order chi connectivity index (χ0) is 16.9. The molecular weight excluding hydrogens is 286 g/mol. The zero-order valence-electron chi connectivity index (χ0n) is 13.2. The van der Waals surface area contributed by atoms with Crippen LogP contribution >= 0.6 is 0 Å². The van der Waals surface area contributed by atoms with Crippen LogP contribution in [0.2, 0.25) is 0 Å². The van der Waals surface area contributed by atoms with Gasteiger partial charge in [-0.3, -0.25) is 4.79 Å². The van der Waals surface area contributed by atoms with Crippen molar-refractivity contribution in [3.8, 4) is 0 Å². The minimum absolute atomic E-state index is 0.387. The van der Waals surface area contributed by atoms with Gasteiger partial charge in [-0.15, -0.1) is 0 Å². The van der Waals surface area contributed by atoms with Gasteiger partial charge in [0.2, 0.25) is 5.91 Å². The summed E-state index contributed by atoms with van der Waals surface area (Å²) in [5.41, 5.74) is 5.83. The maximum Gasteiger partial charge on any atom is 0.408 e. The Morgan fingerprint density at radius 2 is 1.86 bits per heavy atom. The van der Waals surface area contributed by atoms with Gasteiger partial charge < -0.3 is 26.2 Å². The number of ether oxygens (including phenoxy) is 1. The first kappa shape index (κ1) is 17.8. The predicted molar refractivity (Wildman–Crippen MR) is 84.3 cm³/mol.